The van der Waals surface area contributed by atoms with E-state index in [2.05, 4.69) is 10.6 Å². The number of rotatable bonds is 4. The van der Waals surface area contributed by atoms with Crippen LogP contribution in [0.1, 0.15) is 19.1 Å². The molecule has 1 amide bonds. The van der Waals surface area contributed by atoms with Gasteiger partial charge < -0.3 is 15.1 Å². The standard InChI is InChI=1S/C15H15ClN2O2S/c1-2-14(19)18-15(21)17-9-12-7-8-13(20-12)10-3-5-11(16)6-4-10/h3-8H,2,9H2,1H3,(H2,17,18,19,21). The summed E-state index contributed by atoms with van der Waals surface area (Å²) in [4.78, 5) is 11.2. The zero-order chi connectivity index (χ0) is 15.2. The molecule has 1 aromatic carbocycles. The molecule has 21 heavy (non-hydrogen) atoms. The molecule has 0 aliphatic rings. The van der Waals surface area contributed by atoms with Crippen LogP contribution in [0.15, 0.2) is 40.8 Å². The molecule has 0 bridgehead atoms. The Morgan fingerprint density at radius 1 is 1.24 bits per heavy atom. The highest BCUT2D eigenvalue weighted by Gasteiger charge is 2.06. The van der Waals surface area contributed by atoms with Crippen LogP contribution in [-0.2, 0) is 11.3 Å². The van der Waals surface area contributed by atoms with Gasteiger partial charge in [-0.1, -0.05) is 18.5 Å². The van der Waals surface area contributed by atoms with Gasteiger partial charge >= 0.3 is 0 Å². The largest absolute Gasteiger partial charge is 0.459 e. The van der Waals surface area contributed by atoms with E-state index in [1.165, 1.54) is 0 Å². The van der Waals surface area contributed by atoms with E-state index in [0.717, 1.165) is 17.1 Å². The maximum Gasteiger partial charge on any atom is 0.225 e. The first kappa shape index (κ1) is 15.5. The third-order valence-corrected chi connectivity index (χ3v) is 3.29. The number of halogens is 1. The molecule has 0 atom stereocenters. The van der Waals surface area contributed by atoms with E-state index in [1.54, 1.807) is 6.92 Å². The summed E-state index contributed by atoms with van der Waals surface area (Å²) >= 11 is 10.9. The molecule has 1 heterocycles. The zero-order valence-corrected chi connectivity index (χ0v) is 13.1. The van der Waals surface area contributed by atoms with Gasteiger partial charge in [0.05, 0.1) is 6.54 Å². The lowest BCUT2D eigenvalue weighted by Gasteiger charge is -2.06. The molecule has 0 radical (unpaired) electrons. The van der Waals surface area contributed by atoms with Crippen LogP contribution in [0, 0.1) is 0 Å². The fourth-order valence-corrected chi connectivity index (χ4v) is 1.98. The summed E-state index contributed by atoms with van der Waals surface area (Å²) in [6.45, 7) is 2.18. The Morgan fingerprint density at radius 2 is 1.95 bits per heavy atom. The minimum atomic E-state index is -0.117. The Morgan fingerprint density at radius 3 is 2.62 bits per heavy atom. The third kappa shape index (κ3) is 4.58. The van der Waals surface area contributed by atoms with E-state index in [0.29, 0.717) is 23.1 Å². The van der Waals surface area contributed by atoms with Crippen molar-refractivity contribution in [3.63, 3.8) is 0 Å². The Kier molecular flexibility index (Phi) is 5.36. The number of hydrogen-bond donors (Lipinski definition) is 2. The summed E-state index contributed by atoms with van der Waals surface area (Å²) in [5, 5.41) is 6.47. The van der Waals surface area contributed by atoms with E-state index in [4.69, 9.17) is 28.2 Å². The van der Waals surface area contributed by atoms with Crippen LogP contribution in [0.5, 0.6) is 0 Å². The van der Waals surface area contributed by atoms with Crippen molar-refractivity contribution in [2.75, 3.05) is 0 Å². The lowest BCUT2D eigenvalue weighted by molar-refractivity contribution is -0.119. The summed E-state index contributed by atoms with van der Waals surface area (Å²) in [6.07, 6.45) is 0.392. The average molecular weight is 323 g/mol. The Bertz CT molecular complexity index is 637. The van der Waals surface area contributed by atoms with Gasteiger partial charge in [0.1, 0.15) is 11.5 Å². The average Bonchev–Trinajstić information content (AvgIpc) is 2.94. The van der Waals surface area contributed by atoms with Gasteiger partial charge in [-0.05, 0) is 48.6 Å². The van der Waals surface area contributed by atoms with Crippen molar-refractivity contribution >= 4 is 34.8 Å². The second-order valence-electron chi connectivity index (χ2n) is 4.36. The van der Waals surface area contributed by atoms with E-state index in [1.807, 2.05) is 36.4 Å². The number of amides is 1. The second-order valence-corrected chi connectivity index (χ2v) is 5.20. The van der Waals surface area contributed by atoms with Crippen LogP contribution < -0.4 is 10.6 Å². The van der Waals surface area contributed by atoms with Gasteiger partial charge in [-0.25, -0.2) is 0 Å². The quantitative estimate of drug-likeness (QED) is 0.846. The Hall–Kier alpha value is -1.85. The molecule has 0 spiro atoms. The van der Waals surface area contributed by atoms with Gasteiger partial charge in [-0.2, -0.15) is 0 Å². The van der Waals surface area contributed by atoms with Crippen LogP contribution >= 0.6 is 23.8 Å². The lowest BCUT2D eigenvalue weighted by Crippen LogP contribution is -2.38. The highest BCUT2D eigenvalue weighted by Crippen LogP contribution is 2.23. The van der Waals surface area contributed by atoms with Crippen LogP contribution in [-0.4, -0.2) is 11.0 Å². The molecule has 1 aromatic heterocycles. The van der Waals surface area contributed by atoms with Gasteiger partial charge in [-0.15, -0.1) is 0 Å². The molecule has 2 N–H and O–H groups in total. The lowest BCUT2D eigenvalue weighted by atomic mass is 10.2. The summed E-state index contributed by atoms with van der Waals surface area (Å²) in [7, 11) is 0. The maximum atomic E-state index is 11.2. The van der Waals surface area contributed by atoms with Crippen LogP contribution in [0.4, 0.5) is 0 Å². The molecule has 2 rings (SSSR count). The van der Waals surface area contributed by atoms with Crippen molar-refractivity contribution < 1.29 is 9.21 Å². The molecule has 0 saturated carbocycles. The number of benzene rings is 1. The summed E-state index contributed by atoms with van der Waals surface area (Å²) in [5.41, 5.74) is 0.951. The van der Waals surface area contributed by atoms with Crippen molar-refractivity contribution in [2.45, 2.75) is 19.9 Å². The van der Waals surface area contributed by atoms with Gasteiger partial charge in [0.25, 0.3) is 0 Å². The van der Waals surface area contributed by atoms with Gasteiger partial charge in [-0.3, -0.25) is 4.79 Å². The van der Waals surface area contributed by atoms with Crippen molar-refractivity contribution in [1.29, 1.82) is 0 Å². The van der Waals surface area contributed by atoms with Crippen molar-refractivity contribution in [1.82, 2.24) is 10.6 Å². The van der Waals surface area contributed by atoms with Crippen molar-refractivity contribution in [3.8, 4) is 11.3 Å². The van der Waals surface area contributed by atoms with Crippen molar-refractivity contribution in [2.24, 2.45) is 0 Å². The predicted molar refractivity (Wildman–Crippen MR) is 87.0 cm³/mol. The second kappa shape index (κ2) is 7.24. The van der Waals surface area contributed by atoms with Crippen LogP contribution in [0.25, 0.3) is 11.3 Å². The summed E-state index contributed by atoms with van der Waals surface area (Å²) < 4.78 is 5.71. The van der Waals surface area contributed by atoms with Crippen molar-refractivity contribution in [3.05, 3.63) is 47.2 Å². The third-order valence-electron chi connectivity index (χ3n) is 2.79. The fraction of sp³-hybridized carbons (Fsp3) is 0.200. The monoisotopic (exact) mass is 322 g/mol. The molecule has 0 aliphatic carbocycles. The molecular formula is C15H15ClN2O2S. The minimum Gasteiger partial charge on any atom is -0.459 e. The first-order chi connectivity index (χ1) is 10.1. The maximum absolute atomic E-state index is 11.2. The highest BCUT2D eigenvalue weighted by molar-refractivity contribution is 7.80. The number of carbonyl (C=O) groups excluding carboxylic acids is 1. The number of nitrogens with one attached hydrogen (secondary N) is 2. The SMILES string of the molecule is CCC(=O)NC(=S)NCc1ccc(-c2ccc(Cl)cc2)o1. The van der Waals surface area contributed by atoms with E-state index in [-0.39, 0.29) is 5.91 Å². The van der Waals surface area contributed by atoms with E-state index in [9.17, 15) is 4.79 Å². The number of thiocarbonyl (C=S) groups is 1. The zero-order valence-electron chi connectivity index (χ0n) is 11.5. The van der Waals surface area contributed by atoms with Gasteiger partial charge in [0.15, 0.2) is 5.11 Å². The topological polar surface area (TPSA) is 54.3 Å². The summed E-state index contributed by atoms with van der Waals surface area (Å²) in [5.74, 6) is 1.37. The molecule has 4 nitrogen and oxygen atoms in total. The first-order valence-electron chi connectivity index (χ1n) is 6.51. The van der Waals surface area contributed by atoms with Gasteiger partial charge in [0.2, 0.25) is 5.91 Å². The highest BCUT2D eigenvalue weighted by atomic mass is 35.5. The molecule has 110 valence electrons. The Balaban J connectivity index is 1.93. The van der Waals surface area contributed by atoms with E-state index >= 15 is 0 Å². The molecule has 2 aromatic rings. The predicted octanol–water partition coefficient (Wildman–Crippen LogP) is 3.50. The smallest absolute Gasteiger partial charge is 0.225 e. The number of carbonyl (C=O) groups is 1. The normalized spacial score (nSPS) is 10.2. The minimum absolute atomic E-state index is 0.117. The van der Waals surface area contributed by atoms with E-state index < -0.39 is 0 Å². The molecular weight excluding hydrogens is 308 g/mol. The number of hydrogen-bond acceptors (Lipinski definition) is 3. The number of furan rings is 1. The molecule has 0 saturated heterocycles. The van der Waals surface area contributed by atoms with Crippen LogP contribution in [0.2, 0.25) is 5.02 Å². The molecule has 0 fully saturated rings. The molecule has 0 aliphatic heterocycles. The molecule has 0 unspecified atom stereocenters. The van der Waals surface area contributed by atoms with Crippen LogP contribution in [0.3, 0.4) is 0 Å². The Labute approximate surface area is 133 Å². The molecule has 6 heteroatoms. The first-order valence-corrected chi connectivity index (χ1v) is 7.29. The fourth-order valence-electron chi connectivity index (χ4n) is 1.67. The summed E-state index contributed by atoms with van der Waals surface area (Å²) in [6, 6.07) is 11.2. The van der Waals surface area contributed by atoms with Gasteiger partial charge in [0, 0.05) is 17.0 Å².